The van der Waals surface area contributed by atoms with Crippen molar-refractivity contribution < 1.29 is 0 Å². The largest absolute Gasteiger partial charge is 0.0649 e. The average molecular weight is 365 g/mol. The smallest absolute Gasteiger partial charge is 0.00513 e. The third kappa shape index (κ3) is 3.44. The lowest BCUT2D eigenvalue weighted by Crippen LogP contribution is -2.07. The fourth-order valence-corrected chi connectivity index (χ4v) is 5.15. The van der Waals surface area contributed by atoms with Gasteiger partial charge in [0.2, 0.25) is 0 Å². The van der Waals surface area contributed by atoms with E-state index in [2.05, 4.69) is 78.9 Å². The first-order valence-corrected chi connectivity index (χ1v) is 10.8. The van der Waals surface area contributed by atoms with Crippen LogP contribution in [0.25, 0.3) is 28.3 Å². The second-order valence-electron chi connectivity index (χ2n) is 8.47. The summed E-state index contributed by atoms with van der Waals surface area (Å²) in [6, 6.07) is 26.5. The molecule has 0 saturated heterocycles. The third-order valence-corrected chi connectivity index (χ3v) is 6.55. The summed E-state index contributed by atoms with van der Waals surface area (Å²) in [5, 5.41) is 0. The van der Waals surface area contributed by atoms with Crippen molar-refractivity contribution in [3.8, 4) is 22.3 Å². The molecule has 0 heterocycles. The Labute approximate surface area is 168 Å². The van der Waals surface area contributed by atoms with Crippen LogP contribution in [0, 0.1) is 5.92 Å². The van der Waals surface area contributed by atoms with Gasteiger partial charge in [-0.05, 0) is 52.1 Å². The summed E-state index contributed by atoms with van der Waals surface area (Å²) in [4.78, 5) is 0. The van der Waals surface area contributed by atoms with Gasteiger partial charge in [-0.2, -0.15) is 0 Å². The molecule has 1 saturated carbocycles. The van der Waals surface area contributed by atoms with E-state index in [-0.39, 0.29) is 0 Å². The van der Waals surface area contributed by atoms with E-state index in [1.807, 2.05) is 0 Å². The van der Waals surface area contributed by atoms with E-state index in [1.165, 1.54) is 71.9 Å². The highest BCUT2D eigenvalue weighted by Gasteiger charge is 2.23. The molecule has 2 aliphatic carbocycles. The minimum atomic E-state index is 0.898. The normalized spacial score (nSPS) is 16.6. The predicted octanol–water partition coefficient (Wildman–Crippen LogP) is 7.93. The van der Waals surface area contributed by atoms with Crippen LogP contribution >= 0.6 is 0 Å². The molecule has 0 aromatic heterocycles. The van der Waals surface area contributed by atoms with Gasteiger partial charge in [-0.1, -0.05) is 117 Å². The van der Waals surface area contributed by atoms with Crippen LogP contribution in [-0.4, -0.2) is 0 Å². The Bertz CT molecular complexity index is 973. The Hall–Kier alpha value is -2.60. The number of benzene rings is 3. The summed E-state index contributed by atoms with van der Waals surface area (Å²) in [5.41, 5.74) is 10.1. The van der Waals surface area contributed by atoms with Crippen molar-refractivity contribution in [2.24, 2.45) is 5.92 Å². The Morgan fingerprint density at radius 1 is 0.643 bits per heavy atom. The van der Waals surface area contributed by atoms with Gasteiger partial charge in [0.25, 0.3) is 0 Å². The van der Waals surface area contributed by atoms with Crippen LogP contribution in [-0.2, 0) is 6.42 Å². The van der Waals surface area contributed by atoms with Crippen LogP contribution in [0.15, 0.2) is 78.4 Å². The second kappa shape index (κ2) is 7.80. The first-order chi connectivity index (χ1) is 13.9. The summed E-state index contributed by atoms with van der Waals surface area (Å²) in [7, 11) is 0. The fourth-order valence-electron chi connectivity index (χ4n) is 5.15. The quantitative estimate of drug-likeness (QED) is 0.441. The number of fused-ring (bicyclic) bond motifs is 1. The van der Waals surface area contributed by atoms with Crippen molar-refractivity contribution in [1.29, 1.82) is 0 Å². The molecule has 3 aromatic carbocycles. The molecule has 0 aliphatic heterocycles. The number of rotatable bonds is 4. The second-order valence-corrected chi connectivity index (χ2v) is 8.47. The molecule has 28 heavy (non-hydrogen) atoms. The lowest BCUT2D eigenvalue weighted by molar-refractivity contribution is 0.355. The molecule has 140 valence electrons. The van der Waals surface area contributed by atoms with Crippen LogP contribution in [0.3, 0.4) is 0 Å². The molecular formula is C28H28. The van der Waals surface area contributed by atoms with Gasteiger partial charge in [-0.25, -0.2) is 0 Å². The maximum atomic E-state index is 2.53. The average Bonchev–Trinajstić information content (AvgIpc) is 3.18. The summed E-state index contributed by atoms with van der Waals surface area (Å²) >= 11 is 0. The van der Waals surface area contributed by atoms with Crippen LogP contribution in [0.1, 0.15) is 49.7 Å². The lowest BCUT2D eigenvalue weighted by Gasteiger charge is -2.22. The minimum Gasteiger partial charge on any atom is -0.0649 e. The maximum Gasteiger partial charge on any atom is -0.00513 e. The standard InChI is InChI=1S/C28H28/c1-4-10-21(11-5-1)18-22-19-27-25(23-12-6-2-7-13-23)16-17-26(28(27)20-22)24-14-8-3-9-15-24/h2-3,6-9,12-17,19,21H,1,4-5,10-11,18,20H2. The molecule has 0 amide bonds. The summed E-state index contributed by atoms with van der Waals surface area (Å²) in [5.74, 6) is 0.898. The van der Waals surface area contributed by atoms with Crippen LogP contribution in [0.2, 0.25) is 0 Å². The fraction of sp³-hybridized carbons (Fsp3) is 0.286. The highest BCUT2D eigenvalue weighted by atomic mass is 14.3. The number of hydrogen-bond donors (Lipinski definition) is 0. The molecule has 1 fully saturated rings. The molecule has 0 unspecified atom stereocenters. The molecule has 0 atom stereocenters. The van der Waals surface area contributed by atoms with E-state index in [9.17, 15) is 0 Å². The Kier molecular flexibility index (Phi) is 4.87. The van der Waals surface area contributed by atoms with Crippen LogP contribution in [0.5, 0.6) is 0 Å². The summed E-state index contributed by atoms with van der Waals surface area (Å²) in [6.07, 6.45) is 12.1. The van der Waals surface area contributed by atoms with E-state index < -0.39 is 0 Å². The van der Waals surface area contributed by atoms with Gasteiger partial charge in [0.1, 0.15) is 0 Å². The minimum absolute atomic E-state index is 0.898. The van der Waals surface area contributed by atoms with Crippen molar-refractivity contribution in [3.63, 3.8) is 0 Å². The first-order valence-electron chi connectivity index (χ1n) is 10.8. The van der Waals surface area contributed by atoms with Crippen molar-refractivity contribution in [1.82, 2.24) is 0 Å². The molecule has 2 aliphatic rings. The lowest BCUT2D eigenvalue weighted by atomic mass is 9.84. The molecular weight excluding hydrogens is 336 g/mol. The molecule has 5 rings (SSSR count). The SMILES string of the molecule is C1=C(CC2CCCCC2)Cc2c(-c3ccccc3)ccc(-c3ccccc3)c21. The molecule has 0 N–H and O–H groups in total. The van der Waals surface area contributed by atoms with Crippen molar-refractivity contribution in [2.45, 2.75) is 44.9 Å². The zero-order valence-corrected chi connectivity index (χ0v) is 16.5. The molecule has 0 heteroatoms. The molecule has 0 radical (unpaired) electrons. The monoisotopic (exact) mass is 364 g/mol. The van der Waals surface area contributed by atoms with Crippen LogP contribution < -0.4 is 0 Å². The van der Waals surface area contributed by atoms with E-state index in [0.29, 0.717) is 0 Å². The van der Waals surface area contributed by atoms with Gasteiger partial charge < -0.3 is 0 Å². The first kappa shape index (κ1) is 17.5. The zero-order valence-electron chi connectivity index (χ0n) is 16.5. The van der Waals surface area contributed by atoms with Crippen molar-refractivity contribution >= 4 is 6.08 Å². The van der Waals surface area contributed by atoms with E-state index >= 15 is 0 Å². The van der Waals surface area contributed by atoms with Gasteiger partial charge in [0.15, 0.2) is 0 Å². The van der Waals surface area contributed by atoms with E-state index in [0.717, 1.165) is 12.3 Å². The topological polar surface area (TPSA) is 0 Å². The summed E-state index contributed by atoms with van der Waals surface area (Å²) in [6.45, 7) is 0. The maximum absolute atomic E-state index is 2.53. The van der Waals surface area contributed by atoms with Gasteiger partial charge in [-0.3, -0.25) is 0 Å². The van der Waals surface area contributed by atoms with Crippen molar-refractivity contribution in [2.75, 3.05) is 0 Å². The Morgan fingerprint density at radius 2 is 1.25 bits per heavy atom. The Balaban J connectivity index is 1.55. The van der Waals surface area contributed by atoms with Gasteiger partial charge in [0, 0.05) is 0 Å². The van der Waals surface area contributed by atoms with E-state index in [4.69, 9.17) is 0 Å². The highest BCUT2D eigenvalue weighted by molar-refractivity contribution is 5.87. The zero-order chi connectivity index (χ0) is 18.8. The predicted molar refractivity (Wildman–Crippen MR) is 120 cm³/mol. The highest BCUT2D eigenvalue weighted by Crippen LogP contribution is 2.42. The number of allylic oxidation sites excluding steroid dienone is 1. The molecule has 0 nitrogen and oxygen atoms in total. The van der Waals surface area contributed by atoms with Gasteiger partial charge in [-0.15, -0.1) is 0 Å². The molecule has 3 aromatic rings. The van der Waals surface area contributed by atoms with Gasteiger partial charge >= 0.3 is 0 Å². The number of hydrogen-bond acceptors (Lipinski definition) is 0. The van der Waals surface area contributed by atoms with Gasteiger partial charge in [0.05, 0.1) is 0 Å². The Morgan fingerprint density at radius 3 is 1.93 bits per heavy atom. The molecule has 0 spiro atoms. The van der Waals surface area contributed by atoms with Crippen LogP contribution in [0.4, 0.5) is 0 Å². The third-order valence-electron chi connectivity index (χ3n) is 6.55. The van der Waals surface area contributed by atoms with E-state index in [1.54, 1.807) is 5.57 Å². The van der Waals surface area contributed by atoms with Crippen molar-refractivity contribution in [3.05, 3.63) is 89.5 Å². The summed E-state index contributed by atoms with van der Waals surface area (Å²) < 4.78 is 0. The molecule has 0 bridgehead atoms.